The summed E-state index contributed by atoms with van der Waals surface area (Å²) in [6, 6.07) is 9.88. The lowest BCUT2D eigenvalue weighted by atomic mass is 10.1. The molecule has 0 amide bonds. The fourth-order valence-corrected chi connectivity index (χ4v) is 3.95. The summed E-state index contributed by atoms with van der Waals surface area (Å²) >= 11 is 11.9. The predicted molar refractivity (Wildman–Crippen MR) is 83.2 cm³/mol. The molecule has 6 heteroatoms. The van der Waals surface area contributed by atoms with E-state index in [2.05, 4.69) is 4.72 Å². The number of anilines is 1. The molecule has 0 saturated heterocycles. The summed E-state index contributed by atoms with van der Waals surface area (Å²) in [5, 5.41) is 0.183. The number of halogens is 2. The smallest absolute Gasteiger partial charge is 0.264 e. The van der Waals surface area contributed by atoms with Gasteiger partial charge in [-0.25, -0.2) is 8.42 Å². The summed E-state index contributed by atoms with van der Waals surface area (Å²) in [6.07, 6.45) is 0. The molecule has 0 heterocycles. The lowest BCUT2D eigenvalue weighted by molar-refractivity contribution is 0.601. The van der Waals surface area contributed by atoms with Gasteiger partial charge in [-0.3, -0.25) is 4.72 Å². The van der Waals surface area contributed by atoms with E-state index in [1.165, 1.54) is 12.1 Å². The fraction of sp³-hybridized carbons (Fsp3) is 0.143. The van der Waals surface area contributed by atoms with Crippen LogP contribution in [-0.4, -0.2) is 8.42 Å². The second-order valence-electron chi connectivity index (χ2n) is 4.46. The Hall–Kier alpha value is -1.23. The molecule has 0 spiro atoms. The van der Waals surface area contributed by atoms with Crippen molar-refractivity contribution in [3.05, 3.63) is 57.6 Å². The second-order valence-corrected chi connectivity index (χ2v) is 6.89. The van der Waals surface area contributed by atoms with Crippen LogP contribution in [0.3, 0.4) is 0 Å². The van der Waals surface area contributed by atoms with Gasteiger partial charge in [-0.1, -0.05) is 35.3 Å². The van der Waals surface area contributed by atoms with Gasteiger partial charge in [-0.15, -0.1) is 0 Å². The minimum atomic E-state index is -3.82. The van der Waals surface area contributed by atoms with Gasteiger partial charge in [-0.05, 0) is 49.2 Å². The highest BCUT2D eigenvalue weighted by Crippen LogP contribution is 2.30. The van der Waals surface area contributed by atoms with Crippen molar-refractivity contribution in [2.24, 2.45) is 0 Å². The zero-order valence-electron chi connectivity index (χ0n) is 10.9. The summed E-state index contributed by atoms with van der Waals surface area (Å²) in [6.45, 7) is 3.87. The van der Waals surface area contributed by atoms with E-state index in [1.807, 2.05) is 19.9 Å². The number of nitrogens with one attached hydrogen (secondary N) is 1. The number of rotatable bonds is 3. The van der Waals surface area contributed by atoms with E-state index in [9.17, 15) is 8.42 Å². The van der Waals surface area contributed by atoms with Crippen LogP contribution in [0.5, 0.6) is 0 Å². The fourth-order valence-electron chi connectivity index (χ4n) is 1.75. The van der Waals surface area contributed by atoms with Crippen molar-refractivity contribution in [3.8, 4) is 0 Å². The average Bonchev–Trinajstić information content (AvgIpc) is 2.33. The predicted octanol–water partition coefficient (Wildman–Crippen LogP) is 4.41. The Labute approximate surface area is 128 Å². The molecule has 0 aliphatic heterocycles. The van der Waals surface area contributed by atoms with Gasteiger partial charge >= 0.3 is 0 Å². The molecule has 0 aromatic heterocycles. The van der Waals surface area contributed by atoms with E-state index < -0.39 is 10.0 Å². The van der Waals surface area contributed by atoms with Crippen LogP contribution < -0.4 is 4.72 Å². The highest BCUT2D eigenvalue weighted by molar-refractivity contribution is 7.93. The molecule has 2 aromatic carbocycles. The van der Waals surface area contributed by atoms with Crippen molar-refractivity contribution in [2.75, 3.05) is 4.72 Å². The number of hydrogen-bond acceptors (Lipinski definition) is 2. The van der Waals surface area contributed by atoms with Crippen LogP contribution in [0.15, 0.2) is 41.3 Å². The number of hydrogen-bond donors (Lipinski definition) is 1. The van der Waals surface area contributed by atoms with Gasteiger partial charge in [-0.2, -0.15) is 0 Å². The van der Waals surface area contributed by atoms with E-state index in [0.717, 1.165) is 11.1 Å². The summed E-state index contributed by atoms with van der Waals surface area (Å²) < 4.78 is 27.2. The minimum Gasteiger partial charge on any atom is -0.280 e. The van der Waals surface area contributed by atoms with Crippen molar-refractivity contribution in [1.29, 1.82) is 0 Å². The summed E-state index contributed by atoms with van der Waals surface area (Å²) in [5.41, 5.74) is 2.56. The van der Waals surface area contributed by atoms with Crippen LogP contribution in [0.4, 0.5) is 5.69 Å². The monoisotopic (exact) mass is 329 g/mol. The number of sulfonamides is 1. The van der Waals surface area contributed by atoms with Crippen molar-refractivity contribution in [3.63, 3.8) is 0 Å². The average molecular weight is 330 g/mol. The first-order chi connectivity index (χ1) is 9.31. The zero-order chi connectivity index (χ0) is 14.9. The second kappa shape index (κ2) is 5.64. The summed E-state index contributed by atoms with van der Waals surface area (Å²) in [7, 11) is -3.82. The van der Waals surface area contributed by atoms with Gasteiger partial charge in [0.05, 0.1) is 10.0 Å². The van der Waals surface area contributed by atoms with Crippen LogP contribution in [-0.2, 0) is 10.0 Å². The maximum atomic E-state index is 12.4. The van der Waals surface area contributed by atoms with E-state index in [4.69, 9.17) is 23.2 Å². The molecular weight excluding hydrogens is 317 g/mol. The molecule has 1 N–H and O–H groups in total. The molecule has 0 saturated carbocycles. The molecule has 2 rings (SSSR count). The third-order valence-corrected chi connectivity index (χ3v) is 5.28. The Morgan fingerprint density at radius 1 is 0.950 bits per heavy atom. The van der Waals surface area contributed by atoms with Gasteiger partial charge in [0.2, 0.25) is 0 Å². The molecule has 0 radical (unpaired) electrons. The molecule has 0 aliphatic carbocycles. The Kier molecular flexibility index (Phi) is 4.28. The van der Waals surface area contributed by atoms with Crippen LogP contribution in [0.25, 0.3) is 0 Å². The van der Waals surface area contributed by atoms with Gasteiger partial charge in [0, 0.05) is 5.69 Å². The maximum absolute atomic E-state index is 12.4. The largest absolute Gasteiger partial charge is 0.280 e. The molecule has 3 nitrogen and oxygen atoms in total. The Bertz CT molecular complexity index is 738. The van der Waals surface area contributed by atoms with E-state index in [0.29, 0.717) is 5.69 Å². The van der Waals surface area contributed by atoms with Crippen molar-refractivity contribution < 1.29 is 8.42 Å². The lowest BCUT2D eigenvalue weighted by Gasteiger charge is -2.12. The molecule has 0 aliphatic rings. The molecule has 20 heavy (non-hydrogen) atoms. The van der Waals surface area contributed by atoms with Gasteiger partial charge in [0.15, 0.2) is 0 Å². The first-order valence-corrected chi connectivity index (χ1v) is 8.09. The number of aryl methyl sites for hydroxylation is 2. The maximum Gasteiger partial charge on any atom is 0.264 e. The molecule has 0 atom stereocenters. The minimum absolute atomic E-state index is 0.0915. The van der Waals surface area contributed by atoms with Gasteiger partial charge in [0.25, 0.3) is 10.0 Å². The SMILES string of the molecule is Cc1ccc(NS(=O)(=O)c2c(Cl)cccc2Cl)cc1C. The first kappa shape index (κ1) is 15.2. The molecule has 0 fully saturated rings. The topological polar surface area (TPSA) is 46.2 Å². The first-order valence-electron chi connectivity index (χ1n) is 5.85. The standard InChI is InChI=1S/C14H13Cl2NO2S/c1-9-6-7-11(8-10(9)2)17-20(18,19)14-12(15)4-3-5-13(14)16/h3-8,17H,1-2H3. The quantitative estimate of drug-likeness (QED) is 0.906. The van der Waals surface area contributed by atoms with Crippen LogP contribution >= 0.6 is 23.2 Å². The molecular formula is C14H13Cl2NO2S. The normalized spacial score (nSPS) is 11.4. The van der Waals surface area contributed by atoms with Crippen molar-refractivity contribution in [2.45, 2.75) is 18.7 Å². The van der Waals surface area contributed by atoms with Crippen LogP contribution in [0, 0.1) is 13.8 Å². The highest BCUT2D eigenvalue weighted by Gasteiger charge is 2.21. The van der Waals surface area contributed by atoms with Gasteiger partial charge in [0.1, 0.15) is 4.90 Å². The zero-order valence-corrected chi connectivity index (χ0v) is 13.3. The Morgan fingerprint density at radius 2 is 1.55 bits per heavy atom. The number of benzene rings is 2. The Balaban J connectivity index is 2.43. The molecule has 106 valence electrons. The van der Waals surface area contributed by atoms with Crippen molar-refractivity contribution in [1.82, 2.24) is 0 Å². The third kappa shape index (κ3) is 3.08. The van der Waals surface area contributed by atoms with E-state index >= 15 is 0 Å². The summed E-state index contributed by atoms with van der Waals surface area (Å²) in [5.74, 6) is 0. The van der Waals surface area contributed by atoms with E-state index in [-0.39, 0.29) is 14.9 Å². The van der Waals surface area contributed by atoms with Crippen LogP contribution in [0.1, 0.15) is 11.1 Å². The van der Waals surface area contributed by atoms with Crippen LogP contribution in [0.2, 0.25) is 10.0 Å². The lowest BCUT2D eigenvalue weighted by Crippen LogP contribution is -2.14. The third-order valence-electron chi connectivity index (χ3n) is 2.95. The Morgan fingerprint density at radius 3 is 2.10 bits per heavy atom. The van der Waals surface area contributed by atoms with Gasteiger partial charge < -0.3 is 0 Å². The van der Waals surface area contributed by atoms with E-state index in [1.54, 1.807) is 18.2 Å². The molecule has 2 aromatic rings. The highest BCUT2D eigenvalue weighted by atomic mass is 35.5. The van der Waals surface area contributed by atoms with Crippen molar-refractivity contribution >= 4 is 38.9 Å². The molecule has 0 bridgehead atoms. The molecule has 0 unspecified atom stereocenters. The summed E-state index contributed by atoms with van der Waals surface area (Å²) in [4.78, 5) is -0.110.